The molecule has 3 heteroatoms. The SMILES string of the molecule is CC1(OCOC=O)CCCC1. The molecule has 1 saturated carbocycles. The van der Waals surface area contributed by atoms with Gasteiger partial charge in [0.05, 0.1) is 5.60 Å². The number of hydrogen-bond acceptors (Lipinski definition) is 3. The van der Waals surface area contributed by atoms with Gasteiger partial charge in [0.15, 0.2) is 6.79 Å². The van der Waals surface area contributed by atoms with Gasteiger partial charge in [0.25, 0.3) is 6.47 Å². The van der Waals surface area contributed by atoms with E-state index in [-0.39, 0.29) is 12.4 Å². The molecule has 3 nitrogen and oxygen atoms in total. The minimum atomic E-state index is -0.0387. The molecule has 0 bridgehead atoms. The van der Waals surface area contributed by atoms with Crippen molar-refractivity contribution in [1.82, 2.24) is 0 Å². The van der Waals surface area contributed by atoms with Crippen molar-refractivity contribution in [2.45, 2.75) is 38.2 Å². The van der Waals surface area contributed by atoms with Crippen LogP contribution in [0.3, 0.4) is 0 Å². The first-order valence-corrected chi connectivity index (χ1v) is 3.96. The first kappa shape index (κ1) is 8.53. The Morgan fingerprint density at radius 3 is 2.64 bits per heavy atom. The molecule has 0 radical (unpaired) electrons. The summed E-state index contributed by atoms with van der Waals surface area (Å²) in [5.41, 5.74) is -0.0387. The van der Waals surface area contributed by atoms with E-state index in [9.17, 15) is 4.79 Å². The van der Waals surface area contributed by atoms with Crippen LogP contribution in [-0.4, -0.2) is 18.9 Å². The van der Waals surface area contributed by atoms with E-state index in [1.54, 1.807) is 0 Å². The van der Waals surface area contributed by atoms with Crippen LogP contribution in [0.25, 0.3) is 0 Å². The minimum Gasteiger partial charge on any atom is -0.441 e. The van der Waals surface area contributed by atoms with Crippen molar-refractivity contribution >= 4 is 6.47 Å². The highest BCUT2D eigenvalue weighted by atomic mass is 16.7. The third kappa shape index (κ3) is 2.50. The molecule has 0 aromatic heterocycles. The average Bonchev–Trinajstić information content (AvgIpc) is 2.38. The van der Waals surface area contributed by atoms with Crippen LogP contribution < -0.4 is 0 Å². The molecule has 0 aliphatic heterocycles. The maximum Gasteiger partial charge on any atom is 0.295 e. The lowest BCUT2D eigenvalue weighted by molar-refractivity contribution is -0.156. The van der Waals surface area contributed by atoms with Gasteiger partial charge in [-0.05, 0) is 19.8 Å². The van der Waals surface area contributed by atoms with E-state index >= 15 is 0 Å². The van der Waals surface area contributed by atoms with Gasteiger partial charge in [-0.3, -0.25) is 4.79 Å². The molecule has 64 valence electrons. The lowest BCUT2D eigenvalue weighted by Crippen LogP contribution is -2.25. The molecular formula is C8H14O3. The molecule has 1 rings (SSSR count). The van der Waals surface area contributed by atoms with E-state index in [0.717, 1.165) is 12.8 Å². The summed E-state index contributed by atoms with van der Waals surface area (Å²) in [5, 5.41) is 0. The summed E-state index contributed by atoms with van der Waals surface area (Å²) < 4.78 is 9.84. The predicted octanol–water partition coefficient (Wildman–Crippen LogP) is 1.47. The molecule has 0 spiro atoms. The largest absolute Gasteiger partial charge is 0.441 e. The Labute approximate surface area is 66.7 Å². The Kier molecular flexibility index (Phi) is 2.88. The van der Waals surface area contributed by atoms with E-state index in [4.69, 9.17) is 4.74 Å². The van der Waals surface area contributed by atoms with E-state index < -0.39 is 0 Å². The molecule has 0 saturated heterocycles. The fourth-order valence-electron chi connectivity index (χ4n) is 1.47. The zero-order chi connectivity index (χ0) is 8.16. The molecule has 0 amide bonds. The van der Waals surface area contributed by atoms with E-state index in [0.29, 0.717) is 6.47 Å². The highest BCUT2D eigenvalue weighted by Crippen LogP contribution is 2.32. The normalized spacial score (nSPS) is 21.5. The second kappa shape index (κ2) is 3.72. The molecule has 0 atom stereocenters. The van der Waals surface area contributed by atoms with Crippen molar-refractivity contribution in [2.75, 3.05) is 6.79 Å². The molecule has 0 unspecified atom stereocenters. The van der Waals surface area contributed by atoms with Gasteiger partial charge in [0.2, 0.25) is 0 Å². The lowest BCUT2D eigenvalue weighted by atomic mass is 10.1. The van der Waals surface area contributed by atoms with Crippen LogP contribution in [0.15, 0.2) is 0 Å². The third-order valence-electron chi connectivity index (χ3n) is 2.20. The number of ether oxygens (including phenoxy) is 2. The summed E-state index contributed by atoms with van der Waals surface area (Å²) in [6.07, 6.45) is 4.60. The second-order valence-electron chi connectivity index (χ2n) is 3.18. The number of carbonyl (C=O) groups excluding carboxylic acids is 1. The van der Waals surface area contributed by atoms with Gasteiger partial charge in [-0.2, -0.15) is 0 Å². The van der Waals surface area contributed by atoms with Crippen LogP contribution in [0.5, 0.6) is 0 Å². The standard InChI is InChI=1S/C8H14O3/c1-8(4-2-3-5-8)11-7-10-6-9/h6H,2-5,7H2,1H3. The Balaban J connectivity index is 2.17. The summed E-state index contributed by atoms with van der Waals surface area (Å²) in [6.45, 7) is 2.58. The summed E-state index contributed by atoms with van der Waals surface area (Å²) in [7, 11) is 0. The topological polar surface area (TPSA) is 35.5 Å². The van der Waals surface area contributed by atoms with Crippen molar-refractivity contribution in [3.63, 3.8) is 0 Å². The number of hydrogen-bond donors (Lipinski definition) is 0. The van der Waals surface area contributed by atoms with Crippen LogP contribution in [0, 0.1) is 0 Å². The van der Waals surface area contributed by atoms with Crippen LogP contribution in [-0.2, 0) is 14.3 Å². The number of carbonyl (C=O) groups is 1. The highest BCUT2D eigenvalue weighted by molar-refractivity contribution is 5.36. The highest BCUT2D eigenvalue weighted by Gasteiger charge is 2.29. The minimum absolute atomic E-state index is 0.0387. The van der Waals surface area contributed by atoms with Gasteiger partial charge < -0.3 is 9.47 Å². The Hall–Kier alpha value is -0.570. The molecule has 1 aliphatic rings. The maximum absolute atomic E-state index is 9.78. The van der Waals surface area contributed by atoms with Crippen molar-refractivity contribution in [3.8, 4) is 0 Å². The van der Waals surface area contributed by atoms with Gasteiger partial charge >= 0.3 is 0 Å². The first-order valence-electron chi connectivity index (χ1n) is 3.96. The molecule has 0 aromatic rings. The maximum atomic E-state index is 9.78. The van der Waals surface area contributed by atoms with Crippen LogP contribution >= 0.6 is 0 Å². The summed E-state index contributed by atoms with van der Waals surface area (Å²) in [6, 6.07) is 0. The zero-order valence-electron chi connectivity index (χ0n) is 6.84. The smallest absolute Gasteiger partial charge is 0.295 e. The predicted molar refractivity (Wildman–Crippen MR) is 40.0 cm³/mol. The summed E-state index contributed by atoms with van der Waals surface area (Å²) in [5.74, 6) is 0. The summed E-state index contributed by atoms with van der Waals surface area (Å²) in [4.78, 5) is 9.78. The Morgan fingerprint density at radius 1 is 1.45 bits per heavy atom. The van der Waals surface area contributed by atoms with Crippen LogP contribution in [0.4, 0.5) is 0 Å². The van der Waals surface area contributed by atoms with E-state index in [2.05, 4.69) is 11.7 Å². The fourth-order valence-corrected chi connectivity index (χ4v) is 1.47. The average molecular weight is 158 g/mol. The Bertz CT molecular complexity index is 127. The second-order valence-corrected chi connectivity index (χ2v) is 3.18. The van der Waals surface area contributed by atoms with Crippen LogP contribution in [0.1, 0.15) is 32.6 Å². The zero-order valence-corrected chi connectivity index (χ0v) is 6.84. The molecule has 1 aliphatic carbocycles. The van der Waals surface area contributed by atoms with Crippen molar-refractivity contribution < 1.29 is 14.3 Å². The van der Waals surface area contributed by atoms with E-state index in [1.165, 1.54) is 12.8 Å². The molecule has 1 fully saturated rings. The van der Waals surface area contributed by atoms with Gasteiger partial charge in [0, 0.05) is 0 Å². The van der Waals surface area contributed by atoms with Crippen LogP contribution in [0.2, 0.25) is 0 Å². The van der Waals surface area contributed by atoms with Gasteiger partial charge in [-0.1, -0.05) is 12.8 Å². The number of rotatable bonds is 4. The molecule has 0 heterocycles. The fraction of sp³-hybridized carbons (Fsp3) is 0.875. The molecule has 0 aromatic carbocycles. The molecular weight excluding hydrogens is 144 g/mol. The lowest BCUT2D eigenvalue weighted by Gasteiger charge is -2.22. The third-order valence-corrected chi connectivity index (χ3v) is 2.20. The first-order chi connectivity index (χ1) is 5.27. The summed E-state index contributed by atoms with van der Waals surface area (Å²) >= 11 is 0. The Morgan fingerprint density at radius 2 is 2.09 bits per heavy atom. The van der Waals surface area contributed by atoms with Crippen molar-refractivity contribution in [1.29, 1.82) is 0 Å². The molecule has 0 N–H and O–H groups in total. The van der Waals surface area contributed by atoms with Gasteiger partial charge in [0.1, 0.15) is 0 Å². The van der Waals surface area contributed by atoms with Gasteiger partial charge in [-0.15, -0.1) is 0 Å². The monoisotopic (exact) mass is 158 g/mol. The van der Waals surface area contributed by atoms with E-state index in [1.807, 2.05) is 0 Å². The van der Waals surface area contributed by atoms with Crippen molar-refractivity contribution in [3.05, 3.63) is 0 Å². The van der Waals surface area contributed by atoms with Crippen molar-refractivity contribution in [2.24, 2.45) is 0 Å². The van der Waals surface area contributed by atoms with Gasteiger partial charge in [-0.25, -0.2) is 0 Å². The molecule has 11 heavy (non-hydrogen) atoms. The quantitative estimate of drug-likeness (QED) is 0.353.